The lowest BCUT2D eigenvalue weighted by Crippen LogP contribution is -2.48. The van der Waals surface area contributed by atoms with Gasteiger partial charge in [-0.2, -0.15) is 0 Å². The predicted octanol–water partition coefficient (Wildman–Crippen LogP) is 1.28. The van der Waals surface area contributed by atoms with Gasteiger partial charge < -0.3 is 19.9 Å². The number of amides is 1. The Labute approximate surface area is 149 Å². The fraction of sp³-hybridized carbons (Fsp3) is 0.632. The van der Waals surface area contributed by atoms with Gasteiger partial charge in [-0.25, -0.2) is 0 Å². The highest BCUT2D eigenvalue weighted by Crippen LogP contribution is 2.36. The van der Waals surface area contributed by atoms with Crippen molar-refractivity contribution in [2.45, 2.75) is 31.9 Å². The van der Waals surface area contributed by atoms with Gasteiger partial charge in [0.1, 0.15) is 18.1 Å². The van der Waals surface area contributed by atoms with E-state index in [0.717, 1.165) is 44.0 Å². The van der Waals surface area contributed by atoms with Crippen LogP contribution in [0.15, 0.2) is 24.3 Å². The van der Waals surface area contributed by atoms with Gasteiger partial charge in [0.15, 0.2) is 0 Å². The van der Waals surface area contributed by atoms with Crippen LogP contribution in [-0.4, -0.2) is 61.4 Å². The number of aliphatic hydroxyl groups is 1. The van der Waals surface area contributed by atoms with E-state index in [4.69, 9.17) is 9.47 Å². The van der Waals surface area contributed by atoms with Gasteiger partial charge in [0, 0.05) is 32.6 Å². The Hall–Kier alpha value is -1.79. The monoisotopic (exact) mass is 348 g/mol. The quantitative estimate of drug-likeness (QED) is 0.810. The first kappa shape index (κ1) is 18.0. The van der Waals surface area contributed by atoms with Crippen LogP contribution in [0.3, 0.4) is 0 Å². The molecule has 0 spiro atoms. The molecule has 2 aliphatic rings. The molecule has 0 aromatic heterocycles. The van der Waals surface area contributed by atoms with Crippen LogP contribution in [0.1, 0.15) is 19.8 Å². The second-order valence-corrected chi connectivity index (χ2v) is 7.15. The highest BCUT2D eigenvalue weighted by atomic mass is 16.5. The molecule has 1 heterocycles. The second-order valence-electron chi connectivity index (χ2n) is 7.15. The molecule has 1 aliphatic carbocycles. The maximum atomic E-state index is 11.3. The second kappa shape index (κ2) is 8.06. The third-order valence-electron chi connectivity index (χ3n) is 5.32. The van der Waals surface area contributed by atoms with Crippen molar-refractivity contribution in [3.8, 4) is 11.5 Å². The van der Waals surface area contributed by atoms with Crippen LogP contribution < -0.4 is 14.8 Å². The maximum Gasteiger partial charge on any atom is 0.217 e. The number of hydrogen-bond acceptors (Lipinski definition) is 5. The number of fused-ring (bicyclic) bond motifs is 1. The molecule has 1 aromatic carbocycles. The van der Waals surface area contributed by atoms with Crippen LogP contribution in [-0.2, 0) is 4.79 Å². The number of nitrogens with zero attached hydrogens (tertiary/aromatic N) is 1. The number of ether oxygens (including phenoxy) is 2. The van der Waals surface area contributed by atoms with Gasteiger partial charge >= 0.3 is 0 Å². The number of methoxy groups -OCH3 is 1. The minimum absolute atomic E-state index is 0.0657. The lowest BCUT2D eigenvalue weighted by atomic mass is 9.77. The molecule has 2 N–H and O–H groups in total. The average molecular weight is 348 g/mol. The third kappa shape index (κ3) is 4.64. The molecule has 1 aromatic rings. The predicted molar refractivity (Wildman–Crippen MR) is 94.8 cm³/mol. The van der Waals surface area contributed by atoms with Gasteiger partial charge in [0.05, 0.1) is 19.3 Å². The summed E-state index contributed by atoms with van der Waals surface area (Å²) in [7, 11) is 1.65. The third-order valence-corrected chi connectivity index (χ3v) is 5.32. The van der Waals surface area contributed by atoms with Gasteiger partial charge in [0.2, 0.25) is 5.91 Å². The zero-order chi connectivity index (χ0) is 17.8. The number of carbonyl (C=O) groups excluding carboxylic acids is 1. The highest BCUT2D eigenvalue weighted by Gasteiger charge is 2.41. The van der Waals surface area contributed by atoms with Crippen LogP contribution in [0.5, 0.6) is 11.5 Å². The van der Waals surface area contributed by atoms with Gasteiger partial charge in [-0.15, -0.1) is 0 Å². The summed E-state index contributed by atoms with van der Waals surface area (Å²) in [5, 5.41) is 13.1. The van der Waals surface area contributed by atoms with Crippen molar-refractivity contribution in [2.75, 3.05) is 33.4 Å². The summed E-state index contributed by atoms with van der Waals surface area (Å²) in [6, 6.07) is 7.53. The molecular formula is C19H28N2O4. The van der Waals surface area contributed by atoms with Crippen LogP contribution >= 0.6 is 0 Å². The molecule has 6 nitrogen and oxygen atoms in total. The molecule has 1 saturated heterocycles. The van der Waals surface area contributed by atoms with Crippen LogP contribution in [0.2, 0.25) is 0 Å². The van der Waals surface area contributed by atoms with E-state index in [1.165, 1.54) is 6.92 Å². The summed E-state index contributed by atoms with van der Waals surface area (Å²) < 4.78 is 11.0. The smallest absolute Gasteiger partial charge is 0.217 e. The minimum Gasteiger partial charge on any atom is -0.497 e. The van der Waals surface area contributed by atoms with Crippen LogP contribution in [0.25, 0.3) is 0 Å². The molecule has 138 valence electrons. The van der Waals surface area contributed by atoms with Gasteiger partial charge in [-0.3, -0.25) is 9.69 Å². The Morgan fingerprint density at radius 1 is 1.28 bits per heavy atom. The van der Waals surface area contributed by atoms with E-state index in [0.29, 0.717) is 18.4 Å². The van der Waals surface area contributed by atoms with E-state index >= 15 is 0 Å². The molecule has 1 amide bonds. The molecule has 4 atom stereocenters. The van der Waals surface area contributed by atoms with E-state index in [9.17, 15) is 9.90 Å². The van der Waals surface area contributed by atoms with Crippen molar-refractivity contribution in [1.29, 1.82) is 0 Å². The van der Waals surface area contributed by atoms with E-state index in [2.05, 4.69) is 10.2 Å². The van der Waals surface area contributed by atoms with Crippen LogP contribution in [0.4, 0.5) is 0 Å². The Balaban J connectivity index is 1.46. The number of nitrogens with one attached hydrogen (secondary N) is 1. The number of carbonyl (C=O) groups is 1. The average Bonchev–Trinajstić information content (AvgIpc) is 2.96. The van der Waals surface area contributed by atoms with Crippen LogP contribution in [0, 0.1) is 11.8 Å². The number of aliphatic hydroxyl groups excluding tert-OH is 1. The molecule has 3 rings (SSSR count). The Kier molecular flexibility index (Phi) is 5.81. The van der Waals surface area contributed by atoms with E-state index in [1.54, 1.807) is 7.11 Å². The highest BCUT2D eigenvalue weighted by molar-refractivity contribution is 5.73. The van der Waals surface area contributed by atoms with Crippen molar-refractivity contribution in [3.05, 3.63) is 24.3 Å². The van der Waals surface area contributed by atoms with Crippen molar-refractivity contribution in [2.24, 2.45) is 11.8 Å². The minimum atomic E-state index is -0.432. The van der Waals surface area contributed by atoms with Gasteiger partial charge in [-0.1, -0.05) is 6.07 Å². The number of hydrogen-bond donors (Lipinski definition) is 2. The Morgan fingerprint density at radius 3 is 2.72 bits per heavy atom. The van der Waals surface area contributed by atoms with E-state index in [-0.39, 0.29) is 11.9 Å². The number of benzene rings is 1. The molecule has 25 heavy (non-hydrogen) atoms. The fourth-order valence-corrected chi connectivity index (χ4v) is 4.11. The molecule has 2 fully saturated rings. The SMILES string of the molecule is COc1cccc(OCCN2C[C@H]3C[C@@H](NC(C)=O)[C@H](O)C[C@H]3C2)c1. The zero-order valence-corrected chi connectivity index (χ0v) is 15.0. The summed E-state index contributed by atoms with van der Waals surface area (Å²) >= 11 is 0. The fourth-order valence-electron chi connectivity index (χ4n) is 4.11. The summed E-state index contributed by atoms with van der Waals surface area (Å²) in [5.41, 5.74) is 0. The van der Waals surface area contributed by atoms with E-state index in [1.807, 2.05) is 24.3 Å². The molecule has 6 heteroatoms. The normalized spacial score (nSPS) is 29.1. The first-order valence-corrected chi connectivity index (χ1v) is 8.99. The van der Waals surface area contributed by atoms with Crippen molar-refractivity contribution in [3.63, 3.8) is 0 Å². The molecular weight excluding hydrogens is 320 g/mol. The van der Waals surface area contributed by atoms with Gasteiger partial charge in [-0.05, 0) is 36.8 Å². The van der Waals surface area contributed by atoms with Crippen molar-refractivity contribution in [1.82, 2.24) is 10.2 Å². The molecule has 1 aliphatic heterocycles. The zero-order valence-electron chi connectivity index (χ0n) is 15.0. The Morgan fingerprint density at radius 2 is 2.00 bits per heavy atom. The largest absolute Gasteiger partial charge is 0.497 e. The maximum absolute atomic E-state index is 11.3. The molecule has 0 radical (unpaired) electrons. The summed E-state index contributed by atoms with van der Waals surface area (Å²) in [6.45, 7) is 5.01. The lowest BCUT2D eigenvalue weighted by molar-refractivity contribution is -0.121. The molecule has 0 bridgehead atoms. The topological polar surface area (TPSA) is 71.0 Å². The molecule has 1 saturated carbocycles. The first-order chi connectivity index (χ1) is 12.0. The van der Waals surface area contributed by atoms with Gasteiger partial charge in [0.25, 0.3) is 0 Å². The summed E-state index contributed by atoms with van der Waals surface area (Å²) in [4.78, 5) is 13.7. The summed E-state index contributed by atoms with van der Waals surface area (Å²) in [6.07, 6.45) is 1.19. The Bertz CT molecular complexity index is 595. The first-order valence-electron chi connectivity index (χ1n) is 8.99. The molecule has 0 unspecified atom stereocenters. The van der Waals surface area contributed by atoms with Crippen molar-refractivity contribution >= 4 is 5.91 Å². The standard InChI is InChI=1S/C19H28N2O4/c1-13(22)20-18-8-14-11-21(12-15(14)9-19(18)23)6-7-25-17-5-3-4-16(10-17)24-2/h3-5,10,14-15,18-19,23H,6-9,11-12H2,1-2H3,(H,20,22)/t14-,15+,18-,19-/m1/s1. The summed E-state index contributed by atoms with van der Waals surface area (Å²) in [5.74, 6) is 2.60. The lowest BCUT2D eigenvalue weighted by Gasteiger charge is -2.35. The van der Waals surface area contributed by atoms with E-state index < -0.39 is 6.10 Å². The number of likely N-dealkylation sites (tertiary alicyclic amines) is 1. The number of rotatable bonds is 6. The van der Waals surface area contributed by atoms with Crippen molar-refractivity contribution < 1.29 is 19.4 Å².